The molecule has 3 aromatic rings. The highest BCUT2D eigenvalue weighted by molar-refractivity contribution is 9.10. The van der Waals surface area contributed by atoms with Crippen molar-refractivity contribution in [2.24, 2.45) is 0 Å². The fourth-order valence-corrected chi connectivity index (χ4v) is 4.92. The van der Waals surface area contributed by atoms with Gasteiger partial charge in [-0.25, -0.2) is 14.2 Å². The van der Waals surface area contributed by atoms with Gasteiger partial charge in [-0.05, 0) is 46.5 Å². The lowest BCUT2D eigenvalue weighted by molar-refractivity contribution is -0.157. The second kappa shape index (κ2) is 7.84. The van der Waals surface area contributed by atoms with Gasteiger partial charge in [-0.15, -0.1) is 0 Å². The Balaban J connectivity index is 0.00000112. The van der Waals surface area contributed by atoms with Gasteiger partial charge in [0.2, 0.25) is 0 Å². The third-order valence-corrected chi connectivity index (χ3v) is 6.83. The van der Waals surface area contributed by atoms with E-state index in [1.165, 1.54) is 6.07 Å². The summed E-state index contributed by atoms with van der Waals surface area (Å²) in [4.78, 5) is 29.5. The highest BCUT2D eigenvalue weighted by atomic mass is 79.9. The molecule has 0 fully saturated rings. The van der Waals surface area contributed by atoms with Crippen molar-refractivity contribution in [1.29, 1.82) is 0 Å². The maximum atomic E-state index is 14.4. The number of cyclic esters (lactones) is 1. The number of aromatic nitrogens is 2. The standard InChI is InChI=1S/C21H16BrFN2O4.C2H6/c1-3-9-11-6-25-15(4-10-12(20(25)27)7-29-21(28)19(10)26)18(11)24-14-5-13(23)8(2)17(22)16(9)14;1-2/h4-5,19,26H,3,6-7H2,1-2H3;1-2H3. The zero-order valence-corrected chi connectivity index (χ0v) is 19.3. The number of aliphatic hydroxyl groups is 1. The van der Waals surface area contributed by atoms with E-state index in [0.717, 1.165) is 16.5 Å². The third kappa shape index (κ3) is 3.03. The average molecular weight is 489 g/mol. The topological polar surface area (TPSA) is 81.4 Å². The van der Waals surface area contributed by atoms with Crippen LogP contribution in [0.2, 0.25) is 0 Å². The van der Waals surface area contributed by atoms with E-state index in [2.05, 4.69) is 20.9 Å². The van der Waals surface area contributed by atoms with Gasteiger partial charge in [-0.2, -0.15) is 0 Å². The molecule has 4 heterocycles. The Kier molecular flexibility index (Phi) is 5.47. The normalized spacial score (nSPS) is 16.2. The molecule has 1 aromatic carbocycles. The van der Waals surface area contributed by atoms with Crippen LogP contribution in [0.25, 0.3) is 22.3 Å². The van der Waals surface area contributed by atoms with E-state index in [9.17, 15) is 19.1 Å². The number of aryl methyl sites for hydroxylation is 1. The van der Waals surface area contributed by atoms with Crippen LogP contribution in [0.1, 0.15) is 54.7 Å². The number of hydrogen-bond acceptors (Lipinski definition) is 5. The van der Waals surface area contributed by atoms with Crippen molar-refractivity contribution >= 4 is 32.8 Å². The first kappa shape index (κ1) is 21.6. The Morgan fingerprint density at radius 3 is 2.68 bits per heavy atom. The molecule has 6 nitrogen and oxygen atoms in total. The molecule has 8 heteroatoms. The predicted molar refractivity (Wildman–Crippen MR) is 118 cm³/mol. The second-order valence-electron chi connectivity index (χ2n) is 7.33. The number of carbonyl (C=O) groups excluding carboxylic acids is 1. The van der Waals surface area contributed by atoms with Gasteiger partial charge in [0.25, 0.3) is 5.56 Å². The molecule has 0 aliphatic carbocycles. The van der Waals surface area contributed by atoms with Gasteiger partial charge >= 0.3 is 5.97 Å². The molecule has 1 atom stereocenters. The van der Waals surface area contributed by atoms with Gasteiger partial charge < -0.3 is 14.4 Å². The lowest BCUT2D eigenvalue weighted by atomic mass is 9.96. The van der Waals surface area contributed by atoms with Crippen molar-refractivity contribution in [3.05, 3.63) is 60.6 Å². The molecule has 0 radical (unpaired) electrons. The van der Waals surface area contributed by atoms with Crippen LogP contribution in [0, 0.1) is 12.7 Å². The van der Waals surface area contributed by atoms with Gasteiger partial charge in [0.05, 0.1) is 29.0 Å². The summed E-state index contributed by atoms with van der Waals surface area (Å²) < 4.78 is 21.5. The average Bonchev–Trinajstić information content (AvgIpc) is 3.14. The van der Waals surface area contributed by atoms with Crippen LogP contribution in [0.5, 0.6) is 0 Å². The number of fused-ring (bicyclic) bond motifs is 5. The van der Waals surface area contributed by atoms with E-state index in [1.807, 2.05) is 20.8 Å². The Labute approximate surface area is 186 Å². The van der Waals surface area contributed by atoms with Crippen molar-refractivity contribution in [3.8, 4) is 11.4 Å². The fourth-order valence-electron chi connectivity index (χ4n) is 4.29. The Morgan fingerprint density at radius 1 is 1.29 bits per heavy atom. The van der Waals surface area contributed by atoms with E-state index < -0.39 is 12.1 Å². The number of hydrogen-bond donors (Lipinski definition) is 1. The molecule has 1 N–H and O–H groups in total. The zero-order chi connectivity index (χ0) is 22.6. The lowest BCUT2D eigenvalue weighted by Crippen LogP contribution is -2.32. The molecule has 0 saturated carbocycles. The van der Waals surface area contributed by atoms with E-state index >= 15 is 0 Å². The predicted octanol–water partition coefficient (Wildman–Crippen LogP) is 4.31. The number of benzene rings is 1. The van der Waals surface area contributed by atoms with E-state index in [4.69, 9.17) is 4.74 Å². The van der Waals surface area contributed by atoms with Gasteiger partial charge in [0, 0.05) is 27.1 Å². The van der Waals surface area contributed by atoms with Crippen LogP contribution in [0.4, 0.5) is 4.39 Å². The zero-order valence-electron chi connectivity index (χ0n) is 17.7. The van der Waals surface area contributed by atoms with E-state index in [-0.39, 0.29) is 29.1 Å². The first-order chi connectivity index (χ1) is 14.8. The minimum atomic E-state index is -1.50. The van der Waals surface area contributed by atoms with Crippen LogP contribution in [0.15, 0.2) is 21.4 Å². The minimum absolute atomic E-state index is 0.160. The first-order valence-corrected chi connectivity index (χ1v) is 11.0. The smallest absolute Gasteiger partial charge is 0.340 e. The number of halogens is 2. The molecule has 2 aliphatic heterocycles. The monoisotopic (exact) mass is 488 g/mol. The van der Waals surface area contributed by atoms with Crippen LogP contribution in [0.3, 0.4) is 0 Å². The van der Waals surface area contributed by atoms with Crippen molar-refractivity contribution in [3.63, 3.8) is 0 Å². The Hall–Kier alpha value is -2.58. The minimum Gasteiger partial charge on any atom is -0.458 e. The largest absolute Gasteiger partial charge is 0.458 e. The molecule has 5 rings (SSSR count). The van der Waals surface area contributed by atoms with Crippen molar-refractivity contribution in [2.75, 3.05) is 0 Å². The molecule has 0 amide bonds. The molecule has 0 spiro atoms. The number of aliphatic hydroxyl groups excluding tert-OH is 1. The quantitative estimate of drug-likeness (QED) is 0.403. The summed E-state index contributed by atoms with van der Waals surface area (Å²) in [5, 5.41) is 11.1. The van der Waals surface area contributed by atoms with Crippen LogP contribution in [-0.2, 0) is 29.1 Å². The fraction of sp³-hybridized carbons (Fsp3) is 0.348. The van der Waals surface area contributed by atoms with Gasteiger partial charge in [-0.1, -0.05) is 20.8 Å². The highest BCUT2D eigenvalue weighted by Crippen LogP contribution is 2.41. The molecule has 2 aliphatic rings. The number of nitrogens with zero attached hydrogens (tertiary/aromatic N) is 2. The SMILES string of the molecule is CC.CCc1c2c(nc3cc(F)c(C)c(Br)c13)-c1cc3c(c(=O)n1C2)COC(=O)C3O. The summed E-state index contributed by atoms with van der Waals surface area (Å²) >= 11 is 3.51. The van der Waals surface area contributed by atoms with Crippen molar-refractivity contribution < 1.29 is 19.0 Å². The maximum Gasteiger partial charge on any atom is 0.340 e. The van der Waals surface area contributed by atoms with Gasteiger partial charge in [0.15, 0.2) is 6.10 Å². The Morgan fingerprint density at radius 2 is 2.00 bits per heavy atom. The molecule has 0 bridgehead atoms. The van der Waals surface area contributed by atoms with E-state index in [1.54, 1.807) is 17.6 Å². The van der Waals surface area contributed by atoms with Crippen LogP contribution in [-0.4, -0.2) is 20.6 Å². The van der Waals surface area contributed by atoms with Crippen LogP contribution < -0.4 is 5.56 Å². The molecule has 31 heavy (non-hydrogen) atoms. The molecule has 2 aromatic heterocycles. The summed E-state index contributed by atoms with van der Waals surface area (Å²) in [5.41, 5.74) is 4.21. The number of esters is 1. The molecular weight excluding hydrogens is 467 g/mol. The summed E-state index contributed by atoms with van der Waals surface area (Å²) in [7, 11) is 0. The molecule has 0 saturated heterocycles. The third-order valence-electron chi connectivity index (χ3n) is 5.83. The summed E-state index contributed by atoms with van der Waals surface area (Å²) in [6.45, 7) is 7.88. The van der Waals surface area contributed by atoms with E-state index in [0.29, 0.717) is 39.9 Å². The van der Waals surface area contributed by atoms with Crippen LogP contribution >= 0.6 is 15.9 Å². The first-order valence-electron chi connectivity index (χ1n) is 10.2. The second-order valence-corrected chi connectivity index (χ2v) is 8.12. The molecule has 1 unspecified atom stereocenters. The molecular formula is C23H22BrFN2O4. The highest BCUT2D eigenvalue weighted by Gasteiger charge is 2.34. The maximum absolute atomic E-state index is 14.4. The Bertz CT molecular complexity index is 1320. The lowest BCUT2D eigenvalue weighted by Gasteiger charge is -2.21. The number of pyridine rings is 2. The number of carbonyl (C=O) groups is 1. The van der Waals surface area contributed by atoms with Gasteiger partial charge in [0.1, 0.15) is 12.4 Å². The summed E-state index contributed by atoms with van der Waals surface area (Å²) in [5.74, 6) is -1.14. The summed E-state index contributed by atoms with van der Waals surface area (Å²) in [6, 6.07) is 3.03. The van der Waals surface area contributed by atoms with Crippen molar-refractivity contribution in [2.45, 2.75) is 53.4 Å². The number of ether oxygens (including phenoxy) is 1. The van der Waals surface area contributed by atoms with Gasteiger partial charge in [-0.3, -0.25) is 4.79 Å². The summed E-state index contributed by atoms with van der Waals surface area (Å²) in [6.07, 6.45) is -0.820. The molecule has 162 valence electrons. The number of rotatable bonds is 1. The van der Waals surface area contributed by atoms with Crippen molar-refractivity contribution in [1.82, 2.24) is 9.55 Å².